The Balaban J connectivity index is 1.72. The fraction of sp³-hybridized carbons (Fsp3) is 0.364. The second-order valence-electron chi connectivity index (χ2n) is 7.70. The summed E-state index contributed by atoms with van der Waals surface area (Å²) >= 11 is 14.2. The molecule has 1 saturated carbocycles. The van der Waals surface area contributed by atoms with Gasteiger partial charge in [-0.1, -0.05) is 108 Å². The maximum atomic E-state index is 12.9. The minimum atomic E-state index is -1.01. The zero-order valence-electron chi connectivity index (χ0n) is 16.2. The summed E-state index contributed by atoms with van der Waals surface area (Å²) in [6.45, 7) is 4.04. The predicted molar refractivity (Wildman–Crippen MR) is 130 cm³/mol. The summed E-state index contributed by atoms with van der Waals surface area (Å²) in [4.78, 5) is 12.8. The number of ether oxygens (including phenoxy) is 2. The Morgan fingerprint density at radius 1 is 1.10 bits per heavy atom. The molecule has 2 aromatic carbocycles. The van der Waals surface area contributed by atoms with Crippen molar-refractivity contribution < 1.29 is 14.3 Å². The molecule has 0 heterocycles. The molecular formula is C22H19Br4NO3. The Kier molecular flexibility index (Phi) is 7.38. The molecule has 1 aliphatic carbocycles. The van der Waals surface area contributed by atoms with E-state index in [-0.39, 0.29) is 28.0 Å². The molecule has 4 atom stereocenters. The summed E-state index contributed by atoms with van der Waals surface area (Å²) in [5.74, 6) is 0.576. The molecule has 8 heteroatoms. The highest BCUT2D eigenvalue weighted by Crippen LogP contribution is 2.66. The van der Waals surface area contributed by atoms with E-state index in [2.05, 4.69) is 69.8 Å². The molecule has 0 aromatic heterocycles. The van der Waals surface area contributed by atoms with Crippen molar-refractivity contribution in [1.29, 1.82) is 5.26 Å². The van der Waals surface area contributed by atoms with Crippen LogP contribution < -0.4 is 4.74 Å². The summed E-state index contributed by atoms with van der Waals surface area (Å²) in [5, 5.41) is 9.65. The molecule has 0 N–H and O–H groups in total. The highest BCUT2D eigenvalue weighted by molar-refractivity contribution is 9.40. The first-order chi connectivity index (χ1) is 14.1. The van der Waals surface area contributed by atoms with E-state index in [1.807, 2.05) is 44.2 Å². The highest BCUT2D eigenvalue weighted by atomic mass is 80.0. The Morgan fingerprint density at radius 2 is 1.73 bits per heavy atom. The quantitative estimate of drug-likeness (QED) is 0.238. The van der Waals surface area contributed by atoms with Crippen molar-refractivity contribution >= 4 is 69.7 Å². The fourth-order valence-electron chi connectivity index (χ4n) is 3.60. The van der Waals surface area contributed by atoms with Gasteiger partial charge in [-0.2, -0.15) is 5.26 Å². The van der Waals surface area contributed by atoms with E-state index in [1.54, 1.807) is 24.3 Å². The molecule has 0 radical (unpaired) electrons. The number of benzene rings is 2. The van der Waals surface area contributed by atoms with Gasteiger partial charge in [0.1, 0.15) is 19.7 Å². The summed E-state index contributed by atoms with van der Waals surface area (Å²) < 4.78 is 10.9. The number of hydrogen-bond donors (Lipinski definition) is 0. The number of nitrogens with zero attached hydrogens (tertiary/aromatic N) is 1. The molecule has 4 nitrogen and oxygen atoms in total. The molecule has 3 rings (SSSR count). The molecule has 0 spiro atoms. The largest absolute Gasteiger partial charge is 0.457 e. The van der Waals surface area contributed by atoms with E-state index in [0.29, 0.717) is 17.1 Å². The number of nitriles is 1. The normalized spacial score (nSPS) is 21.8. The van der Waals surface area contributed by atoms with Crippen molar-refractivity contribution in [3.63, 3.8) is 0 Å². The smallest absolute Gasteiger partial charge is 0.311 e. The number of para-hydroxylation sites is 1. The van der Waals surface area contributed by atoms with Gasteiger partial charge >= 0.3 is 5.97 Å². The molecule has 2 aromatic rings. The van der Waals surface area contributed by atoms with Crippen LogP contribution in [0.5, 0.6) is 11.5 Å². The summed E-state index contributed by atoms with van der Waals surface area (Å²) in [7, 11) is 0. The number of esters is 1. The van der Waals surface area contributed by atoms with Crippen molar-refractivity contribution in [2.45, 2.75) is 26.9 Å². The summed E-state index contributed by atoms with van der Waals surface area (Å²) in [5.41, 5.74) is 0.310. The van der Waals surface area contributed by atoms with Gasteiger partial charge in [0.25, 0.3) is 0 Å². The maximum absolute atomic E-state index is 12.9. The van der Waals surface area contributed by atoms with Gasteiger partial charge in [0.2, 0.25) is 6.10 Å². The lowest BCUT2D eigenvalue weighted by atomic mass is 10.1. The highest BCUT2D eigenvalue weighted by Gasteiger charge is 2.67. The molecule has 158 valence electrons. The second-order valence-corrected chi connectivity index (χ2v) is 15.6. The van der Waals surface area contributed by atoms with Crippen molar-refractivity contribution in [1.82, 2.24) is 0 Å². The average molecular weight is 665 g/mol. The average Bonchev–Trinajstić information content (AvgIpc) is 3.27. The lowest BCUT2D eigenvalue weighted by molar-refractivity contribution is -0.149. The van der Waals surface area contributed by atoms with Crippen molar-refractivity contribution in [3.05, 3.63) is 60.2 Å². The van der Waals surface area contributed by atoms with Gasteiger partial charge in [0, 0.05) is 5.56 Å². The third-order valence-corrected chi connectivity index (χ3v) is 9.86. The van der Waals surface area contributed by atoms with E-state index in [0.717, 1.165) is 0 Å². The monoisotopic (exact) mass is 661 g/mol. The molecule has 0 bridgehead atoms. The van der Waals surface area contributed by atoms with Crippen LogP contribution in [0.2, 0.25) is 0 Å². The van der Waals surface area contributed by atoms with Crippen LogP contribution >= 0.6 is 63.7 Å². The first kappa shape index (κ1) is 23.8. The summed E-state index contributed by atoms with van der Waals surface area (Å²) in [6, 6.07) is 18.5. The summed E-state index contributed by atoms with van der Waals surface area (Å²) in [6.07, 6.45) is -1.01. The van der Waals surface area contributed by atoms with Gasteiger partial charge in [-0.05, 0) is 35.6 Å². The van der Waals surface area contributed by atoms with Crippen LogP contribution in [0.4, 0.5) is 0 Å². The van der Waals surface area contributed by atoms with E-state index in [9.17, 15) is 10.1 Å². The molecule has 0 aliphatic heterocycles. The van der Waals surface area contributed by atoms with Gasteiger partial charge < -0.3 is 9.47 Å². The van der Waals surface area contributed by atoms with Crippen molar-refractivity contribution in [3.8, 4) is 17.6 Å². The van der Waals surface area contributed by atoms with E-state index in [4.69, 9.17) is 9.47 Å². The van der Waals surface area contributed by atoms with Crippen LogP contribution in [-0.4, -0.2) is 12.9 Å². The van der Waals surface area contributed by atoms with Crippen LogP contribution in [0.15, 0.2) is 54.6 Å². The zero-order valence-corrected chi connectivity index (χ0v) is 22.5. The van der Waals surface area contributed by atoms with Gasteiger partial charge in [0.15, 0.2) is 0 Å². The first-order valence-corrected chi connectivity index (χ1v) is 12.5. The Morgan fingerprint density at radius 3 is 2.33 bits per heavy atom. The number of carbonyl (C=O) groups is 1. The SMILES string of the molecule is CC1(C)C(C(=O)O[C@H](C#N)c2cccc(Oc3ccccc3)c2)C1C(Br)C(Br)(Br)Br. The molecule has 0 amide bonds. The molecule has 3 unspecified atom stereocenters. The van der Waals surface area contributed by atoms with Crippen LogP contribution in [0.1, 0.15) is 25.5 Å². The third-order valence-electron chi connectivity index (χ3n) is 5.28. The number of rotatable bonds is 6. The van der Waals surface area contributed by atoms with Gasteiger partial charge in [-0.3, -0.25) is 4.79 Å². The standard InChI is InChI=1S/C22H19Br4NO3/c1-21(2)17(19(23)22(24,25)26)18(21)20(28)30-16(12-27)13-7-6-10-15(11-13)29-14-8-4-3-5-9-14/h3-11,16-19H,1-2H3/t16-,17?,18?,19?/m1/s1. The third kappa shape index (κ3) is 5.29. The molecule has 1 aliphatic rings. The Bertz CT molecular complexity index is 953. The van der Waals surface area contributed by atoms with Crippen LogP contribution in [0.25, 0.3) is 0 Å². The number of carbonyl (C=O) groups excluding carboxylic acids is 1. The fourth-order valence-corrected chi connectivity index (χ4v) is 5.44. The minimum Gasteiger partial charge on any atom is -0.457 e. The van der Waals surface area contributed by atoms with Crippen LogP contribution in [0, 0.1) is 28.6 Å². The van der Waals surface area contributed by atoms with Crippen LogP contribution in [0.3, 0.4) is 0 Å². The van der Waals surface area contributed by atoms with Gasteiger partial charge in [-0.15, -0.1) is 0 Å². The topological polar surface area (TPSA) is 59.3 Å². The van der Waals surface area contributed by atoms with Gasteiger partial charge in [-0.25, -0.2) is 0 Å². The van der Waals surface area contributed by atoms with Crippen LogP contribution in [-0.2, 0) is 9.53 Å². The number of halogens is 4. The van der Waals surface area contributed by atoms with Gasteiger partial charge in [0.05, 0.1) is 10.7 Å². The molecule has 30 heavy (non-hydrogen) atoms. The van der Waals surface area contributed by atoms with Crippen molar-refractivity contribution in [2.24, 2.45) is 17.3 Å². The Labute approximate surface area is 209 Å². The molecule has 0 saturated heterocycles. The van der Waals surface area contributed by atoms with E-state index >= 15 is 0 Å². The minimum absolute atomic E-state index is 0.0233. The molecule has 1 fully saturated rings. The maximum Gasteiger partial charge on any atom is 0.311 e. The Hall–Kier alpha value is -0.880. The molecular weight excluding hydrogens is 646 g/mol. The van der Waals surface area contributed by atoms with Crippen molar-refractivity contribution in [2.75, 3.05) is 0 Å². The lowest BCUT2D eigenvalue weighted by Gasteiger charge is -2.21. The lowest BCUT2D eigenvalue weighted by Crippen LogP contribution is -2.23. The first-order valence-electron chi connectivity index (χ1n) is 9.19. The number of hydrogen-bond acceptors (Lipinski definition) is 4. The number of alkyl halides is 4. The zero-order chi connectivity index (χ0) is 22.1. The predicted octanol–water partition coefficient (Wildman–Crippen LogP) is 7.46. The van der Waals surface area contributed by atoms with E-state index in [1.165, 1.54) is 0 Å². The van der Waals surface area contributed by atoms with E-state index < -0.39 is 8.25 Å². The second kappa shape index (κ2) is 9.32.